The maximum atomic E-state index is 11.3. The first-order chi connectivity index (χ1) is 9.51. The molecule has 7 nitrogen and oxygen atoms in total. The van der Waals surface area contributed by atoms with Crippen LogP contribution in [-0.2, 0) is 4.74 Å². The van der Waals surface area contributed by atoms with Crippen LogP contribution in [0.25, 0.3) is 0 Å². The fraction of sp³-hybridized carbons (Fsp3) is 0.385. The highest BCUT2D eigenvalue weighted by Gasteiger charge is 2.27. The van der Waals surface area contributed by atoms with Gasteiger partial charge in [0.15, 0.2) is 0 Å². The van der Waals surface area contributed by atoms with Crippen LogP contribution < -0.4 is 16.0 Å². The molecule has 1 saturated heterocycles. The van der Waals surface area contributed by atoms with E-state index in [0.717, 1.165) is 6.42 Å². The molecule has 0 aliphatic carbocycles. The van der Waals surface area contributed by atoms with Crippen molar-refractivity contribution in [1.29, 1.82) is 0 Å². The summed E-state index contributed by atoms with van der Waals surface area (Å²) in [5.74, 6) is -1.02. The number of rotatable bonds is 3. The van der Waals surface area contributed by atoms with Gasteiger partial charge in [0.25, 0.3) is 0 Å². The number of aromatic carboxylic acids is 1. The van der Waals surface area contributed by atoms with Crippen molar-refractivity contribution in [1.82, 2.24) is 5.32 Å². The van der Waals surface area contributed by atoms with E-state index in [2.05, 4.69) is 10.1 Å². The maximum absolute atomic E-state index is 11.3. The third kappa shape index (κ3) is 2.93. The van der Waals surface area contributed by atoms with Crippen LogP contribution in [0.3, 0.4) is 0 Å². The van der Waals surface area contributed by atoms with Crippen LogP contribution in [0.1, 0.15) is 16.8 Å². The normalized spacial score (nSPS) is 17.9. The number of benzene rings is 1. The molecule has 1 aliphatic heterocycles. The van der Waals surface area contributed by atoms with Crippen molar-refractivity contribution in [3.05, 3.63) is 23.8 Å². The van der Waals surface area contributed by atoms with Gasteiger partial charge in [0, 0.05) is 18.8 Å². The van der Waals surface area contributed by atoms with Gasteiger partial charge in [-0.3, -0.25) is 0 Å². The van der Waals surface area contributed by atoms with Gasteiger partial charge in [0.1, 0.15) is 0 Å². The van der Waals surface area contributed by atoms with E-state index in [-0.39, 0.29) is 11.6 Å². The van der Waals surface area contributed by atoms with Crippen molar-refractivity contribution in [2.45, 2.75) is 12.5 Å². The van der Waals surface area contributed by atoms with E-state index in [1.54, 1.807) is 12.1 Å². The molecule has 0 spiro atoms. The molecule has 0 radical (unpaired) electrons. The lowest BCUT2D eigenvalue weighted by molar-refractivity contribution is 0.0697. The number of nitrogen functional groups attached to an aromatic ring is 1. The van der Waals surface area contributed by atoms with E-state index >= 15 is 0 Å². The highest BCUT2D eigenvalue weighted by atomic mass is 16.5. The smallest absolute Gasteiger partial charge is 0.407 e. The van der Waals surface area contributed by atoms with E-state index in [1.807, 2.05) is 4.90 Å². The molecule has 1 fully saturated rings. The highest BCUT2D eigenvalue weighted by molar-refractivity contribution is 5.95. The lowest BCUT2D eigenvalue weighted by atomic mass is 10.1. The first-order valence-electron chi connectivity index (χ1n) is 6.23. The number of hydrogen-bond acceptors (Lipinski definition) is 5. The molecule has 20 heavy (non-hydrogen) atoms. The molecule has 0 aromatic heterocycles. The summed E-state index contributed by atoms with van der Waals surface area (Å²) in [6.07, 6.45) is 0.256. The van der Waals surface area contributed by atoms with E-state index in [1.165, 1.54) is 13.2 Å². The van der Waals surface area contributed by atoms with Gasteiger partial charge in [-0.25, -0.2) is 9.59 Å². The topological polar surface area (TPSA) is 105 Å². The molecule has 1 aromatic carbocycles. The van der Waals surface area contributed by atoms with Gasteiger partial charge in [-0.15, -0.1) is 0 Å². The maximum Gasteiger partial charge on any atom is 0.407 e. The van der Waals surface area contributed by atoms with Gasteiger partial charge >= 0.3 is 12.1 Å². The minimum atomic E-state index is -1.02. The number of hydrogen-bond donors (Lipinski definition) is 3. The average molecular weight is 279 g/mol. The van der Waals surface area contributed by atoms with Crippen LogP contribution in [0.15, 0.2) is 18.2 Å². The lowest BCUT2D eigenvalue weighted by Gasteiger charge is -2.21. The van der Waals surface area contributed by atoms with Crippen LogP contribution in [0, 0.1) is 0 Å². The first-order valence-corrected chi connectivity index (χ1v) is 6.23. The SMILES string of the molecule is COC(=O)NC1CCN(c2ccc(N)cc2C(=O)O)C1. The van der Waals surface area contributed by atoms with Crippen LogP contribution in [0.4, 0.5) is 16.2 Å². The number of alkyl carbamates (subject to hydrolysis) is 1. The summed E-state index contributed by atoms with van der Waals surface area (Å²) in [4.78, 5) is 24.4. The van der Waals surface area contributed by atoms with Gasteiger partial charge in [-0.05, 0) is 24.6 Å². The Kier molecular flexibility index (Phi) is 3.97. The van der Waals surface area contributed by atoms with Crippen LogP contribution in [-0.4, -0.2) is 43.4 Å². The number of amides is 1. The summed E-state index contributed by atoms with van der Waals surface area (Å²) in [6.45, 7) is 1.21. The second-order valence-electron chi connectivity index (χ2n) is 4.65. The summed E-state index contributed by atoms with van der Waals surface area (Å²) in [6, 6.07) is 4.75. The zero-order chi connectivity index (χ0) is 14.7. The average Bonchev–Trinajstić information content (AvgIpc) is 2.86. The number of carbonyl (C=O) groups is 2. The molecular formula is C13H17N3O4. The molecule has 0 saturated carbocycles. The Bertz CT molecular complexity index is 532. The summed E-state index contributed by atoms with van der Waals surface area (Å²) in [5.41, 5.74) is 6.81. The molecule has 1 amide bonds. The van der Waals surface area contributed by atoms with Gasteiger partial charge in [0.05, 0.1) is 24.4 Å². The minimum Gasteiger partial charge on any atom is -0.478 e. The molecular weight excluding hydrogens is 262 g/mol. The molecule has 0 bridgehead atoms. The Balaban J connectivity index is 2.14. The number of nitrogens with zero attached hydrogens (tertiary/aromatic N) is 1. The molecule has 4 N–H and O–H groups in total. The highest BCUT2D eigenvalue weighted by Crippen LogP contribution is 2.26. The number of nitrogens with one attached hydrogen (secondary N) is 1. The van der Waals surface area contributed by atoms with Crippen molar-refractivity contribution < 1.29 is 19.4 Å². The van der Waals surface area contributed by atoms with Crippen molar-refractivity contribution in [3.8, 4) is 0 Å². The standard InChI is InChI=1S/C13H17N3O4/c1-20-13(19)15-9-4-5-16(7-9)11-3-2-8(14)6-10(11)12(17)18/h2-3,6,9H,4-5,7,14H2,1H3,(H,15,19)(H,17,18). The molecule has 1 aromatic rings. The number of carbonyl (C=O) groups excluding carboxylic acids is 1. The quantitative estimate of drug-likeness (QED) is 0.710. The predicted molar refractivity (Wildman–Crippen MR) is 74.0 cm³/mol. The number of methoxy groups -OCH3 is 1. The van der Waals surface area contributed by atoms with Crippen molar-refractivity contribution >= 4 is 23.4 Å². The molecule has 108 valence electrons. The van der Waals surface area contributed by atoms with E-state index < -0.39 is 12.1 Å². The lowest BCUT2D eigenvalue weighted by Crippen LogP contribution is -2.37. The second kappa shape index (κ2) is 5.68. The van der Waals surface area contributed by atoms with Gasteiger partial charge in [-0.1, -0.05) is 0 Å². The summed E-state index contributed by atoms with van der Waals surface area (Å²) < 4.78 is 4.55. The first kappa shape index (κ1) is 14.0. The van der Waals surface area contributed by atoms with Crippen molar-refractivity contribution in [2.24, 2.45) is 0 Å². The number of carboxylic acid groups (broad SMARTS) is 1. The van der Waals surface area contributed by atoms with E-state index in [9.17, 15) is 14.7 Å². The molecule has 1 unspecified atom stereocenters. The molecule has 1 heterocycles. The van der Waals surface area contributed by atoms with Crippen LogP contribution in [0.5, 0.6) is 0 Å². The van der Waals surface area contributed by atoms with Crippen LogP contribution >= 0.6 is 0 Å². The fourth-order valence-corrected chi connectivity index (χ4v) is 2.32. The zero-order valence-electron chi connectivity index (χ0n) is 11.1. The van der Waals surface area contributed by atoms with Crippen molar-refractivity contribution in [3.63, 3.8) is 0 Å². The Morgan fingerprint density at radius 1 is 1.50 bits per heavy atom. The third-order valence-corrected chi connectivity index (χ3v) is 3.29. The number of nitrogens with two attached hydrogens (primary N) is 1. The molecule has 1 aliphatic rings. The van der Waals surface area contributed by atoms with Crippen molar-refractivity contribution in [2.75, 3.05) is 30.8 Å². The van der Waals surface area contributed by atoms with E-state index in [0.29, 0.717) is 24.5 Å². The fourth-order valence-electron chi connectivity index (χ4n) is 2.32. The Labute approximate surface area is 116 Å². The molecule has 2 rings (SSSR count). The summed E-state index contributed by atoms with van der Waals surface area (Å²) in [5, 5.41) is 11.9. The zero-order valence-corrected chi connectivity index (χ0v) is 11.1. The molecule has 1 atom stereocenters. The van der Waals surface area contributed by atoms with Crippen LogP contribution in [0.2, 0.25) is 0 Å². The third-order valence-electron chi connectivity index (χ3n) is 3.29. The Hall–Kier alpha value is -2.44. The van der Waals surface area contributed by atoms with E-state index in [4.69, 9.17) is 5.73 Å². The van der Waals surface area contributed by atoms with Gasteiger partial charge < -0.3 is 25.8 Å². The monoisotopic (exact) mass is 279 g/mol. The predicted octanol–water partition coefficient (Wildman–Crippen LogP) is 0.902. The van der Waals surface area contributed by atoms with Gasteiger partial charge in [-0.2, -0.15) is 0 Å². The molecule has 7 heteroatoms. The number of carboxylic acids is 1. The Morgan fingerprint density at radius 3 is 2.90 bits per heavy atom. The summed E-state index contributed by atoms with van der Waals surface area (Å²) in [7, 11) is 1.31. The minimum absolute atomic E-state index is 0.0540. The Morgan fingerprint density at radius 2 is 2.25 bits per heavy atom. The van der Waals surface area contributed by atoms with Gasteiger partial charge in [0.2, 0.25) is 0 Å². The largest absolute Gasteiger partial charge is 0.478 e. The second-order valence-corrected chi connectivity index (χ2v) is 4.65. The number of anilines is 2. The number of ether oxygens (including phenoxy) is 1. The summed E-state index contributed by atoms with van der Waals surface area (Å²) >= 11 is 0.